The lowest BCUT2D eigenvalue weighted by Crippen LogP contribution is -2.35. The van der Waals surface area contributed by atoms with Crippen LogP contribution in [-0.2, 0) is 10.0 Å². The molecule has 0 saturated carbocycles. The van der Waals surface area contributed by atoms with Gasteiger partial charge in [-0.25, -0.2) is 12.8 Å². The van der Waals surface area contributed by atoms with Gasteiger partial charge < -0.3 is 14.9 Å². The van der Waals surface area contributed by atoms with Gasteiger partial charge in [-0.3, -0.25) is 0 Å². The Labute approximate surface area is 111 Å². The van der Waals surface area contributed by atoms with Gasteiger partial charge in [-0.15, -0.1) is 0 Å². The molecule has 1 rings (SSSR count). The van der Waals surface area contributed by atoms with Gasteiger partial charge in [0.25, 0.3) is 0 Å². The molecule has 0 aliphatic rings. The van der Waals surface area contributed by atoms with Gasteiger partial charge in [0.2, 0.25) is 10.0 Å². The van der Waals surface area contributed by atoms with E-state index in [-0.39, 0.29) is 23.7 Å². The van der Waals surface area contributed by atoms with Crippen molar-refractivity contribution >= 4 is 10.0 Å². The Morgan fingerprint density at radius 3 is 2.26 bits per heavy atom. The molecule has 0 spiro atoms. The van der Waals surface area contributed by atoms with Crippen molar-refractivity contribution in [2.75, 3.05) is 33.4 Å². The van der Waals surface area contributed by atoms with Crippen molar-refractivity contribution < 1.29 is 27.8 Å². The molecule has 0 aliphatic carbocycles. The predicted octanol–water partition coefficient (Wildman–Crippen LogP) is -0.190. The van der Waals surface area contributed by atoms with Gasteiger partial charge in [0.05, 0.1) is 25.2 Å². The van der Waals surface area contributed by atoms with E-state index in [0.717, 1.165) is 10.4 Å². The van der Waals surface area contributed by atoms with Gasteiger partial charge in [-0.2, -0.15) is 4.31 Å². The Morgan fingerprint density at radius 2 is 1.84 bits per heavy atom. The minimum Gasteiger partial charge on any atom is -0.494 e. The first-order valence-electron chi connectivity index (χ1n) is 5.52. The summed E-state index contributed by atoms with van der Waals surface area (Å²) in [6, 6.07) is 3.26. The second kappa shape index (κ2) is 6.80. The number of sulfonamides is 1. The maximum Gasteiger partial charge on any atom is 0.243 e. The summed E-state index contributed by atoms with van der Waals surface area (Å²) in [5.74, 6) is -0.855. The van der Waals surface area contributed by atoms with Crippen molar-refractivity contribution in [1.29, 1.82) is 0 Å². The van der Waals surface area contributed by atoms with Crippen LogP contribution in [0.5, 0.6) is 5.75 Å². The summed E-state index contributed by atoms with van der Waals surface area (Å²) < 4.78 is 43.4. The fraction of sp³-hybridized carbons (Fsp3) is 0.455. The molecule has 0 aromatic heterocycles. The maximum atomic E-state index is 13.5. The Bertz CT molecular complexity index is 514. The Hall–Kier alpha value is -1.22. The first kappa shape index (κ1) is 15.8. The highest BCUT2D eigenvalue weighted by Gasteiger charge is 2.24. The van der Waals surface area contributed by atoms with Crippen molar-refractivity contribution in [3.05, 3.63) is 24.0 Å². The van der Waals surface area contributed by atoms with Crippen LogP contribution in [0.15, 0.2) is 23.1 Å². The van der Waals surface area contributed by atoms with Crippen LogP contribution < -0.4 is 4.74 Å². The summed E-state index contributed by atoms with van der Waals surface area (Å²) in [5.41, 5.74) is 0. The lowest BCUT2D eigenvalue weighted by molar-refractivity contribution is 0.217. The fourth-order valence-corrected chi connectivity index (χ4v) is 2.97. The number of nitrogens with zero attached hydrogens (tertiary/aromatic N) is 1. The number of ether oxygens (including phenoxy) is 1. The zero-order valence-corrected chi connectivity index (χ0v) is 11.2. The molecule has 108 valence electrons. The standard InChI is InChI=1S/C11H16FNO5S/c1-18-11-3-2-9(8-10(11)12)19(16,17)13(4-6-14)5-7-15/h2-3,8,14-15H,4-7H2,1H3. The third-order valence-electron chi connectivity index (χ3n) is 2.46. The molecule has 19 heavy (non-hydrogen) atoms. The number of benzene rings is 1. The summed E-state index contributed by atoms with van der Waals surface area (Å²) in [5, 5.41) is 17.7. The molecular formula is C11H16FNO5S. The van der Waals surface area contributed by atoms with Crippen LogP contribution in [-0.4, -0.2) is 56.3 Å². The zero-order valence-electron chi connectivity index (χ0n) is 10.4. The predicted molar refractivity (Wildman–Crippen MR) is 65.9 cm³/mol. The molecule has 0 saturated heterocycles. The number of aliphatic hydroxyl groups is 2. The number of aliphatic hydroxyl groups excluding tert-OH is 2. The van der Waals surface area contributed by atoms with Gasteiger partial charge >= 0.3 is 0 Å². The monoisotopic (exact) mass is 293 g/mol. The van der Waals surface area contributed by atoms with E-state index >= 15 is 0 Å². The quantitative estimate of drug-likeness (QED) is 0.727. The van der Waals surface area contributed by atoms with Gasteiger partial charge in [-0.05, 0) is 18.2 Å². The minimum absolute atomic E-state index is 0.0604. The lowest BCUT2D eigenvalue weighted by atomic mass is 10.3. The first-order valence-corrected chi connectivity index (χ1v) is 6.96. The third-order valence-corrected chi connectivity index (χ3v) is 4.35. The topological polar surface area (TPSA) is 87.1 Å². The second-order valence-electron chi connectivity index (χ2n) is 3.65. The molecule has 0 heterocycles. The smallest absolute Gasteiger partial charge is 0.243 e. The number of halogens is 1. The summed E-state index contributed by atoms with van der Waals surface area (Å²) in [7, 11) is -2.68. The molecule has 6 nitrogen and oxygen atoms in total. The van der Waals surface area contributed by atoms with Crippen molar-refractivity contribution in [2.24, 2.45) is 0 Å². The molecule has 0 radical (unpaired) electrons. The van der Waals surface area contributed by atoms with E-state index in [1.54, 1.807) is 0 Å². The van der Waals surface area contributed by atoms with Crippen LogP contribution in [0.2, 0.25) is 0 Å². The van der Waals surface area contributed by atoms with Crippen LogP contribution in [0.25, 0.3) is 0 Å². The number of hydrogen-bond acceptors (Lipinski definition) is 5. The normalized spacial score (nSPS) is 11.8. The van der Waals surface area contributed by atoms with Gasteiger partial charge in [-0.1, -0.05) is 0 Å². The Kier molecular flexibility index (Phi) is 5.67. The second-order valence-corrected chi connectivity index (χ2v) is 5.59. The Morgan fingerprint density at radius 1 is 1.26 bits per heavy atom. The highest BCUT2D eigenvalue weighted by atomic mass is 32.2. The van der Waals surface area contributed by atoms with Crippen LogP contribution in [0.4, 0.5) is 4.39 Å². The molecule has 0 atom stereocenters. The summed E-state index contributed by atoms with van der Waals surface area (Å²) in [4.78, 5) is -0.257. The average molecular weight is 293 g/mol. The molecule has 1 aromatic carbocycles. The molecule has 0 amide bonds. The van der Waals surface area contributed by atoms with Crippen LogP contribution >= 0.6 is 0 Å². The van der Waals surface area contributed by atoms with Gasteiger partial charge in [0.15, 0.2) is 11.6 Å². The molecule has 0 aliphatic heterocycles. The first-order chi connectivity index (χ1) is 8.97. The largest absolute Gasteiger partial charge is 0.494 e. The maximum absolute atomic E-state index is 13.5. The molecule has 0 unspecified atom stereocenters. The van der Waals surface area contributed by atoms with Crippen molar-refractivity contribution in [3.8, 4) is 5.75 Å². The van der Waals surface area contributed by atoms with E-state index in [1.165, 1.54) is 19.2 Å². The van der Waals surface area contributed by atoms with Crippen LogP contribution in [0.3, 0.4) is 0 Å². The summed E-state index contributed by atoms with van der Waals surface area (Å²) in [6.07, 6.45) is 0. The van der Waals surface area contributed by atoms with Crippen LogP contribution in [0, 0.1) is 5.82 Å². The van der Waals surface area contributed by atoms with E-state index in [2.05, 4.69) is 0 Å². The molecular weight excluding hydrogens is 277 g/mol. The SMILES string of the molecule is COc1ccc(S(=O)(=O)N(CCO)CCO)cc1F. The lowest BCUT2D eigenvalue weighted by Gasteiger charge is -2.20. The molecule has 2 N–H and O–H groups in total. The molecule has 8 heteroatoms. The van der Waals surface area contributed by atoms with Crippen molar-refractivity contribution in [3.63, 3.8) is 0 Å². The molecule has 1 aromatic rings. The number of rotatable bonds is 7. The fourth-order valence-electron chi connectivity index (χ4n) is 1.53. The highest BCUT2D eigenvalue weighted by Crippen LogP contribution is 2.22. The summed E-state index contributed by atoms with van der Waals surface area (Å²) in [6.45, 7) is -1.12. The van der Waals surface area contributed by atoms with E-state index < -0.39 is 29.1 Å². The molecule has 0 fully saturated rings. The van der Waals surface area contributed by atoms with E-state index in [9.17, 15) is 12.8 Å². The van der Waals surface area contributed by atoms with Crippen molar-refractivity contribution in [1.82, 2.24) is 4.31 Å². The van der Waals surface area contributed by atoms with Crippen LogP contribution in [0.1, 0.15) is 0 Å². The highest BCUT2D eigenvalue weighted by molar-refractivity contribution is 7.89. The van der Waals surface area contributed by atoms with Crippen molar-refractivity contribution in [2.45, 2.75) is 4.90 Å². The molecule has 0 bridgehead atoms. The summed E-state index contributed by atoms with van der Waals surface area (Å²) >= 11 is 0. The van der Waals surface area contributed by atoms with E-state index in [4.69, 9.17) is 14.9 Å². The van der Waals surface area contributed by atoms with Gasteiger partial charge in [0, 0.05) is 13.1 Å². The number of hydrogen-bond donors (Lipinski definition) is 2. The number of methoxy groups -OCH3 is 1. The Balaban J connectivity index is 3.14. The van der Waals surface area contributed by atoms with E-state index in [0.29, 0.717) is 0 Å². The minimum atomic E-state index is -3.96. The zero-order chi connectivity index (χ0) is 14.5. The average Bonchev–Trinajstić information content (AvgIpc) is 2.38. The third kappa shape index (κ3) is 3.63. The van der Waals surface area contributed by atoms with E-state index in [1.807, 2.05) is 0 Å². The van der Waals surface area contributed by atoms with Gasteiger partial charge in [0.1, 0.15) is 0 Å².